The second-order valence-corrected chi connectivity index (χ2v) is 8.59. The molecule has 1 aromatic carbocycles. The van der Waals surface area contributed by atoms with E-state index in [4.69, 9.17) is 0 Å². The predicted molar refractivity (Wildman–Crippen MR) is 106 cm³/mol. The van der Waals surface area contributed by atoms with E-state index in [1.165, 1.54) is 11.8 Å². The second kappa shape index (κ2) is 7.73. The highest BCUT2D eigenvalue weighted by Gasteiger charge is 2.42. The van der Waals surface area contributed by atoms with Gasteiger partial charge in [-0.25, -0.2) is 4.98 Å². The molecule has 27 heavy (non-hydrogen) atoms. The summed E-state index contributed by atoms with van der Waals surface area (Å²) in [5.74, 6) is 0.409. The fraction of sp³-hybridized carbons (Fsp3) is 0.500. The molecule has 2 aromatic rings. The molecule has 6 nitrogen and oxygen atoms in total. The predicted octanol–water partition coefficient (Wildman–Crippen LogP) is 2.95. The molecule has 1 unspecified atom stereocenters. The van der Waals surface area contributed by atoms with Crippen molar-refractivity contribution < 1.29 is 4.79 Å². The molecule has 1 aromatic heterocycles. The Hall–Kier alpha value is -2.33. The quantitative estimate of drug-likeness (QED) is 0.586. The minimum absolute atomic E-state index is 0.0861. The third kappa shape index (κ3) is 4.33. The van der Waals surface area contributed by atoms with Gasteiger partial charge in [0.25, 0.3) is 5.56 Å². The number of hydrogen-bond donors (Lipinski definition) is 1. The summed E-state index contributed by atoms with van der Waals surface area (Å²) in [5.41, 5.74) is -0.270. The monoisotopic (exact) mass is 384 g/mol. The summed E-state index contributed by atoms with van der Waals surface area (Å²) in [6, 6.07) is 9.48. The summed E-state index contributed by atoms with van der Waals surface area (Å²) in [5, 5.41) is 13.4. The van der Waals surface area contributed by atoms with Crippen LogP contribution in [0.25, 0.3) is 10.9 Å². The van der Waals surface area contributed by atoms with Crippen molar-refractivity contribution in [2.75, 3.05) is 5.75 Å². The number of nitriles is 1. The van der Waals surface area contributed by atoms with Gasteiger partial charge in [-0.15, -0.1) is 0 Å². The summed E-state index contributed by atoms with van der Waals surface area (Å²) in [7, 11) is 0. The Morgan fingerprint density at radius 1 is 1.44 bits per heavy atom. The number of nitrogens with one attached hydrogen (secondary N) is 1. The molecular weight excluding hydrogens is 360 g/mol. The van der Waals surface area contributed by atoms with Crippen molar-refractivity contribution in [3.63, 3.8) is 0 Å². The van der Waals surface area contributed by atoms with Crippen LogP contribution in [0.4, 0.5) is 0 Å². The van der Waals surface area contributed by atoms with E-state index in [-0.39, 0.29) is 29.1 Å². The first-order chi connectivity index (χ1) is 12.8. The standard InChI is InChI=1S/C20H24N4O2S/c1-13(2)10-24-18(26)15-6-4-5-7-16(15)22-19(24)27-11-17(25)23-20(3,12-21)14-8-9-14/h4-7,13-14H,8-11H2,1-3H3,(H,23,25). The number of thioether (sulfide) groups is 1. The van der Waals surface area contributed by atoms with Gasteiger partial charge in [-0.3, -0.25) is 14.2 Å². The van der Waals surface area contributed by atoms with Crippen LogP contribution in [0.2, 0.25) is 0 Å². The third-order valence-corrected chi connectivity index (χ3v) is 5.71. The lowest BCUT2D eigenvalue weighted by atomic mass is 9.98. The Labute approximate surface area is 163 Å². The van der Waals surface area contributed by atoms with Gasteiger partial charge < -0.3 is 5.32 Å². The van der Waals surface area contributed by atoms with E-state index in [0.29, 0.717) is 22.6 Å². The lowest BCUT2D eigenvalue weighted by molar-refractivity contribution is -0.119. The fourth-order valence-electron chi connectivity index (χ4n) is 3.12. The Bertz CT molecular complexity index is 959. The number of carbonyl (C=O) groups excluding carboxylic acids is 1. The zero-order chi connectivity index (χ0) is 19.6. The number of para-hydroxylation sites is 1. The van der Waals surface area contributed by atoms with Crippen LogP contribution in [-0.2, 0) is 11.3 Å². The molecular formula is C20H24N4O2S. The molecule has 1 saturated carbocycles. The number of fused-ring (bicyclic) bond motifs is 1. The van der Waals surface area contributed by atoms with Crippen LogP contribution in [0.1, 0.15) is 33.6 Å². The van der Waals surface area contributed by atoms with E-state index < -0.39 is 5.54 Å². The molecule has 0 radical (unpaired) electrons. The molecule has 1 aliphatic carbocycles. The Balaban J connectivity index is 1.82. The maximum absolute atomic E-state index is 12.9. The molecule has 1 fully saturated rings. The van der Waals surface area contributed by atoms with Gasteiger partial charge in [0.15, 0.2) is 5.16 Å². The Morgan fingerprint density at radius 3 is 2.78 bits per heavy atom. The van der Waals surface area contributed by atoms with Crippen LogP contribution in [-0.4, -0.2) is 26.8 Å². The third-order valence-electron chi connectivity index (χ3n) is 4.73. The number of amides is 1. The molecule has 0 saturated heterocycles. The molecule has 1 N–H and O–H groups in total. The highest BCUT2D eigenvalue weighted by atomic mass is 32.2. The molecule has 7 heteroatoms. The van der Waals surface area contributed by atoms with Crippen LogP contribution in [0.5, 0.6) is 0 Å². The molecule has 1 atom stereocenters. The first-order valence-electron chi connectivity index (χ1n) is 9.18. The average Bonchev–Trinajstić information content (AvgIpc) is 3.48. The first-order valence-corrected chi connectivity index (χ1v) is 10.2. The van der Waals surface area contributed by atoms with E-state index in [2.05, 4.69) is 16.4 Å². The number of rotatable bonds is 7. The minimum atomic E-state index is -0.813. The summed E-state index contributed by atoms with van der Waals surface area (Å²) >= 11 is 1.24. The number of hydrogen-bond acceptors (Lipinski definition) is 5. The van der Waals surface area contributed by atoms with Crippen molar-refractivity contribution in [3.05, 3.63) is 34.6 Å². The van der Waals surface area contributed by atoms with Crippen molar-refractivity contribution in [1.82, 2.24) is 14.9 Å². The topological polar surface area (TPSA) is 87.8 Å². The fourth-order valence-corrected chi connectivity index (χ4v) is 3.93. The van der Waals surface area contributed by atoms with E-state index >= 15 is 0 Å². The van der Waals surface area contributed by atoms with E-state index in [1.807, 2.05) is 26.0 Å². The molecule has 1 amide bonds. The lowest BCUT2D eigenvalue weighted by Crippen LogP contribution is -2.47. The average molecular weight is 385 g/mol. The molecule has 3 rings (SSSR count). The Morgan fingerprint density at radius 2 is 2.15 bits per heavy atom. The van der Waals surface area contributed by atoms with Gasteiger partial charge >= 0.3 is 0 Å². The minimum Gasteiger partial charge on any atom is -0.337 e. The van der Waals surface area contributed by atoms with Crippen molar-refractivity contribution in [3.8, 4) is 6.07 Å². The zero-order valence-corrected chi connectivity index (χ0v) is 16.7. The SMILES string of the molecule is CC(C)Cn1c(SCC(=O)NC(C)(C#N)C2CC2)nc2ccccc2c1=O. The molecule has 1 aliphatic rings. The van der Waals surface area contributed by atoms with Crippen molar-refractivity contribution in [2.24, 2.45) is 11.8 Å². The van der Waals surface area contributed by atoms with Crippen LogP contribution in [0.15, 0.2) is 34.2 Å². The molecule has 142 valence electrons. The number of aromatic nitrogens is 2. The van der Waals surface area contributed by atoms with Crippen LogP contribution >= 0.6 is 11.8 Å². The van der Waals surface area contributed by atoms with Crippen molar-refractivity contribution in [2.45, 2.75) is 50.9 Å². The van der Waals surface area contributed by atoms with Gasteiger partial charge in [-0.1, -0.05) is 37.7 Å². The van der Waals surface area contributed by atoms with Gasteiger partial charge in [-0.05, 0) is 43.7 Å². The normalized spacial score (nSPS) is 16.1. The maximum Gasteiger partial charge on any atom is 0.262 e. The summed E-state index contributed by atoms with van der Waals surface area (Å²) in [6.45, 7) is 6.39. The summed E-state index contributed by atoms with van der Waals surface area (Å²) < 4.78 is 1.65. The number of carbonyl (C=O) groups is 1. The number of nitrogens with zero attached hydrogens (tertiary/aromatic N) is 3. The van der Waals surface area contributed by atoms with Gasteiger partial charge in [0, 0.05) is 6.54 Å². The number of benzene rings is 1. The van der Waals surface area contributed by atoms with E-state index in [9.17, 15) is 14.9 Å². The van der Waals surface area contributed by atoms with E-state index in [1.54, 1.807) is 23.6 Å². The summed E-state index contributed by atoms with van der Waals surface area (Å²) in [4.78, 5) is 29.9. The van der Waals surface area contributed by atoms with Crippen LogP contribution in [0.3, 0.4) is 0 Å². The van der Waals surface area contributed by atoms with Crippen LogP contribution in [0, 0.1) is 23.2 Å². The van der Waals surface area contributed by atoms with Crippen molar-refractivity contribution in [1.29, 1.82) is 5.26 Å². The van der Waals surface area contributed by atoms with Crippen molar-refractivity contribution >= 4 is 28.6 Å². The maximum atomic E-state index is 12.9. The van der Waals surface area contributed by atoms with Crippen LogP contribution < -0.4 is 10.9 Å². The molecule has 0 aliphatic heterocycles. The summed E-state index contributed by atoms with van der Waals surface area (Å²) in [6.07, 6.45) is 1.94. The molecule has 0 spiro atoms. The van der Waals surface area contributed by atoms with Gasteiger partial charge in [0.05, 0.1) is 22.7 Å². The molecule has 1 heterocycles. The highest BCUT2D eigenvalue weighted by Crippen LogP contribution is 2.39. The van der Waals surface area contributed by atoms with Gasteiger partial charge in [0.1, 0.15) is 5.54 Å². The van der Waals surface area contributed by atoms with Gasteiger partial charge in [0.2, 0.25) is 5.91 Å². The van der Waals surface area contributed by atoms with Gasteiger partial charge in [-0.2, -0.15) is 5.26 Å². The smallest absolute Gasteiger partial charge is 0.262 e. The lowest BCUT2D eigenvalue weighted by Gasteiger charge is -2.22. The zero-order valence-electron chi connectivity index (χ0n) is 15.9. The first kappa shape index (κ1) is 19.4. The molecule has 0 bridgehead atoms. The Kier molecular flexibility index (Phi) is 5.56. The largest absolute Gasteiger partial charge is 0.337 e. The van der Waals surface area contributed by atoms with E-state index in [0.717, 1.165) is 12.8 Å². The highest BCUT2D eigenvalue weighted by molar-refractivity contribution is 7.99. The second-order valence-electron chi connectivity index (χ2n) is 7.65.